The van der Waals surface area contributed by atoms with Crippen molar-refractivity contribution in [1.82, 2.24) is 15.1 Å². The number of hydrogen-bond donors (Lipinski definition) is 1. The maximum absolute atomic E-state index is 4.46. The summed E-state index contributed by atoms with van der Waals surface area (Å²) in [5.74, 6) is 0.966. The molecule has 0 aliphatic heterocycles. The second-order valence-corrected chi connectivity index (χ2v) is 4.97. The summed E-state index contributed by atoms with van der Waals surface area (Å²) in [6.07, 6.45) is 8.73. The van der Waals surface area contributed by atoms with Gasteiger partial charge in [-0.05, 0) is 24.9 Å². The lowest BCUT2D eigenvalue weighted by Crippen LogP contribution is -2.34. The van der Waals surface area contributed by atoms with Crippen LogP contribution in [-0.4, -0.2) is 22.4 Å². The van der Waals surface area contributed by atoms with Gasteiger partial charge in [0, 0.05) is 25.7 Å². The predicted molar refractivity (Wildman–Crippen MR) is 66.3 cm³/mol. The van der Waals surface area contributed by atoms with Gasteiger partial charge >= 0.3 is 0 Å². The fourth-order valence-corrected chi connectivity index (χ4v) is 2.48. The molecule has 0 aromatic carbocycles. The molecule has 1 heterocycles. The first-order chi connectivity index (χ1) is 7.78. The van der Waals surface area contributed by atoms with Gasteiger partial charge in [-0.25, -0.2) is 0 Å². The molecule has 1 aromatic rings. The van der Waals surface area contributed by atoms with Gasteiger partial charge in [-0.15, -0.1) is 0 Å². The number of hydrogen-bond acceptors (Lipinski definition) is 2. The molecule has 1 aliphatic rings. The molecule has 3 heteroatoms. The molecule has 1 fully saturated rings. The zero-order valence-electron chi connectivity index (χ0n) is 10.4. The molecule has 1 N–H and O–H groups in total. The fourth-order valence-electron chi connectivity index (χ4n) is 2.48. The van der Waals surface area contributed by atoms with E-state index in [-0.39, 0.29) is 0 Å². The van der Waals surface area contributed by atoms with Crippen molar-refractivity contribution >= 4 is 0 Å². The third-order valence-electron chi connectivity index (χ3n) is 3.56. The van der Waals surface area contributed by atoms with Gasteiger partial charge in [-0.1, -0.05) is 26.2 Å². The van der Waals surface area contributed by atoms with Crippen LogP contribution in [-0.2, 0) is 13.5 Å². The van der Waals surface area contributed by atoms with Crippen molar-refractivity contribution < 1.29 is 0 Å². The van der Waals surface area contributed by atoms with E-state index in [2.05, 4.69) is 23.4 Å². The molecule has 1 saturated carbocycles. The molecule has 16 heavy (non-hydrogen) atoms. The van der Waals surface area contributed by atoms with E-state index in [4.69, 9.17) is 0 Å². The first-order valence-electron chi connectivity index (χ1n) is 6.50. The Balaban J connectivity index is 1.85. The predicted octanol–water partition coefficient (Wildman–Crippen LogP) is 2.13. The Morgan fingerprint density at radius 1 is 1.56 bits per heavy atom. The molecule has 2 rings (SSSR count). The summed E-state index contributed by atoms with van der Waals surface area (Å²) >= 11 is 0. The van der Waals surface area contributed by atoms with Crippen LogP contribution in [0.3, 0.4) is 0 Å². The van der Waals surface area contributed by atoms with Gasteiger partial charge in [-0.2, -0.15) is 5.10 Å². The Morgan fingerprint density at radius 3 is 2.88 bits per heavy atom. The topological polar surface area (TPSA) is 29.9 Å². The van der Waals surface area contributed by atoms with Gasteiger partial charge in [0.2, 0.25) is 0 Å². The van der Waals surface area contributed by atoms with Crippen molar-refractivity contribution in [2.75, 3.05) is 6.54 Å². The Hall–Kier alpha value is -0.830. The standard InChI is InChI=1S/C13H23N3/c1-3-14-13(9-11-5-4-6-11)10-12-7-8-16(2)15-12/h7-8,11,13-14H,3-6,9-10H2,1-2H3. The average molecular weight is 221 g/mol. The first-order valence-corrected chi connectivity index (χ1v) is 6.50. The number of likely N-dealkylation sites (N-methyl/N-ethyl adjacent to an activating group) is 1. The molecular formula is C13H23N3. The Bertz CT molecular complexity index is 315. The highest BCUT2D eigenvalue weighted by Crippen LogP contribution is 2.30. The molecule has 0 radical (unpaired) electrons. The highest BCUT2D eigenvalue weighted by atomic mass is 15.2. The van der Waals surface area contributed by atoms with Gasteiger partial charge in [0.05, 0.1) is 5.69 Å². The van der Waals surface area contributed by atoms with Crippen LogP contribution < -0.4 is 5.32 Å². The largest absolute Gasteiger partial charge is 0.314 e. The number of nitrogens with zero attached hydrogens (tertiary/aromatic N) is 2. The second-order valence-electron chi connectivity index (χ2n) is 4.97. The summed E-state index contributed by atoms with van der Waals surface area (Å²) < 4.78 is 1.89. The summed E-state index contributed by atoms with van der Waals surface area (Å²) in [5, 5.41) is 8.05. The zero-order chi connectivity index (χ0) is 11.4. The van der Waals surface area contributed by atoms with Crippen molar-refractivity contribution in [2.24, 2.45) is 13.0 Å². The molecule has 3 nitrogen and oxygen atoms in total. The Kier molecular flexibility index (Phi) is 3.99. The van der Waals surface area contributed by atoms with Crippen LogP contribution in [0.2, 0.25) is 0 Å². The van der Waals surface area contributed by atoms with E-state index in [1.54, 1.807) is 0 Å². The molecule has 1 atom stereocenters. The number of rotatable bonds is 6. The molecule has 1 aliphatic carbocycles. The van der Waals surface area contributed by atoms with Gasteiger partial charge < -0.3 is 5.32 Å². The number of aryl methyl sites for hydroxylation is 1. The van der Waals surface area contributed by atoms with Crippen LogP contribution in [0.4, 0.5) is 0 Å². The SMILES string of the molecule is CCNC(Cc1ccn(C)n1)CC1CCC1. The van der Waals surface area contributed by atoms with Crippen molar-refractivity contribution in [1.29, 1.82) is 0 Å². The lowest BCUT2D eigenvalue weighted by atomic mass is 9.80. The van der Waals surface area contributed by atoms with Crippen molar-refractivity contribution in [3.8, 4) is 0 Å². The summed E-state index contributed by atoms with van der Waals surface area (Å²) in [6.45, 7) is 3.25. The molecule has 90 valence electrons. The van der Waals surface area contributed by atoms with E-state index in [0.717, 1.165) is 18.9 Å². The van der Waals surface area contributed by atoms with Crippen molar-refractivity contribution in [3.63, 3.8) is 0 Å². The van der Waals surface area contributed by atoms with E-state index >= 15 is 0 Å². The zero-order valence-corrected chi connectivity index (χ0v) is 10.4. The van der Waals surface area contributed by atoms with Crippen LogP contribution in [0.5, 0.6) is 0 Å². The molecule has 1 aromatic heterocycles. The van der Waals surface area contributed by atoms with Gasteiger partial charge in [0.1, 0.15) is 0 Å². The lowest BCUT2D eigenvalue weighted by Gasteiger charge is -2.29. The molecule has 0 spiro atoms. The third kappa shape index (κ3) is 3.08. The first kappa shape index (κ1) is 11.6. The maximum atomic E-state index is 4.46. The van der Waals surface area contributed by atoms with Crippen LogP contribution in [0.1, 0.15) is 38.3 Å². The molecule has 0 bridgehead atoms. The van der Waals surface area contributed by atoms with E-state index < -0.39 is 0 Å². The lowest BCUT2D eigenvalue weighted by molar-refractivity contribution is 0.259. The van der Waals surface area contributed by atoms with Gasteiger partial charge in [0.25, 0.3) is 0 Å². The molecule has 0 amide bonds. The molecule has 0 saturated heterocycles. The Morgan fingerprint density at radius 2 is 2.38 bits per heavy atom. The highest BCUT2D eigenvalue weighted by molar-refractivity contribution is 5.01. The fraction of sp³-hybridized carbons (Fsp3) is 0.769. The van der Waals surface area contributed by atoms with Crippen LogP contribution in [0.25, 0.3) is 0 Å². The van der Waals surface area contributed by atoms with E-state index in [1.807, 2.05) is 17.9 Å². The van der Waals surface area contributed by atoms with Crippen LogP contribution in [0.15, 0.2) is 12.3 Å². The van der Waals surface area contributed by atoms with E-state index in [1.165, 1.54) is 31.4 Å². The Labute approximate surface area is 98.2 Å². The normalized spacial score (nSPS) is 18.4. The van der Waals surface area contributed by atoms with Gasteiger partial charge in [0.15, 0.2) is 0 Å². The third-order valence-corrected chi connectivity index (χ3v) is 3.56. The number of nitrogens with one attached hydrogen (secondary N) is 1. The average Bonchev–Trinajstić information content (AvgIpc) is 2.58. The minimum Gasteiger partial charge on any atom is -0.314 e. The summed E-state index contributed by atoms with van der Waals surface area (Å²) in [4.78, 5) is 0. The summed E-state index contributed by atoms with van der Waals surface area (Å²) in [7, 11) is 1.98. The summed E-state index contributed by atoms with van der Waals surface area (Å²) in [5.41, 5.74) is 1.22. The van der Waals surface area contributed by atoms with Crippen molar-refractivity contribution in [2.45, 2.75) is 45.1 Å². The maximum Gasteiger partial charge on any atom is 0.0640 e. The minimum atomic E-state index is 0.616. The minimum absolute atomic E-state index is 0.616. The second kappa shape index (κ2) is 5.48. The van der Waals surface area contributed by atoms with Crippen LogP contribution in [0, 0.1) is 5.92 Å². The highest BCUT2D eigenvalue weighted by Gasteiger charge is 2.22. The monoisotopic (exact) mass is 221 g/mol. The van der Waals surface area contributed by atoms with Crippen LogP contribution >= 0.6 is 0 Å². The smallest absolute Gasteiger partial charge is 0.0640 e. The van der Waals surface area contributed by atoms with E-state index in [9.17, 15) is 0 Å². The van der Waals surface area contributed by atoms with Crippen molar-refractivity contribution in [3.05, 3.63) is 18.0 Å². The summed E-state index contributed by atoms with van der Waals surface area (Å²) in [6, 6.07) is 2.75. The van der Waals surface area contributed by atoms with E-state index in [0.29, 0.717) is 6.04 Å². The number of aromatic nitrogens is 2. The molecule has 1 unspecified atom stereocenters. The van der Waals surface area contributed by atoms with Gasteiger partial charge in [-0.3, -0.25) is 4.68 Å². The quantitative estimate of drug-likeness (QED) is 0.797. The molecular weight excluding hydrogens is 198 g/mol.